The van der Waals surface area contributed by atoms with E-state index in [-0.39, 0.29) is 29.2 Å². The highest BCUT2D eigenvalue weighted by Gasteiger charge is 2.29. The number of piperidine rings is 1. The largest absolute Gasteiger partial charge is 0.404 e. The highest BCUT2D eigenvalue weighted by molar-refractivity contribution is 6.10. The van der Waals surface area contributed by atoms with E-state index < -0.39 is 0 Å². The molecular weight excluding hydrogens is 504 g/mol. The number of carbonyl (C=O) groups is 2. The summed E-state index contributed by atoms with van der Waals surface area (Å²) >= 11 is 0. The van der Waals surface area contributed by atoms with E-state index in [2.05, 4.69) is 44.1 Å². The van der Waals surface area contributed by atoms with Crippen molar-refractivity contribution in [2.24, 2.45) is 10.7 Å². The molecule has 7 N–H and O–H groups in total. The Morgan fingerprint density at radius 1 is 1.05 bits per heavy atom. The second-order valence-corrected chi connectivity index (χ2v) is 10.3. The van der Waals surface area contributed by atoms with Gasteiger partial charge in [0.05, 0.1) is 5.56 Å². The van der Waals surface area contributed by atoms with E-state index in [9.17, 15) is 9.59 Å². The number of aliphatic imine (C=N–C) groups is 1. The van der Waals surface area contributed by atoms with Gasteiger partial charge in [-0.2, -0.15) is 0 Å². The molecule has 0 radical (unpaired) electrons. The third-order valence-corrected chi connectivity index (χ3v) is 7.55. The Hall–Kier alpha value is -4.44. The number of hydrogen-bond donors (Lipinski definition) is 5. The van der Waals surface area contributed by atoms with Crippen LogP contribution in [-0.4, -0.2) is 73.2 Å². The van der Waals surface area contributed by atoms with Crippen LogP contribution in [0.5, 0.6) is 0 Å². The maximum absolute atomic E-state index is 13.3. The monoisotopic (exact) mass is 540 g/mol. The summed E-state index contributed by atoms with van der Waals surface area (Å²) in [7, 11) is 1.64. The van der Waals surface area contributed by atoms with Crippen molar-refractivity contribution in [3.8, 4) is 0 Å². The molecule has 10 nitrogen and oxygen atoms in total. The number of nitrogens with two attached hydrogens (primary N) is 2. The summed E-state index contributed by atoms with van der Waals surface area (Å²) in [6, 6.07) is 14.1. The second-order valence-electron chi connectivity index (χ2n) is 10.3. The lowest BCUT2D eigenvalue weighted by atomic mass is 10.0. The fourth-order valence-corrected chi connectivity index (χ4v) is 5.35. The number of fused-ring (bicyclic) bond motifs is 1. The normalized spacial score (nSPS) is 18.4. The molecule has 2 aliphatic rings. The Balaban J connectivity index is 1.22. The Morgan fingerprint density at radius 2 is 1.82 bits per heavy atom. The lowest BCUT2D eigenvalue weighted by molar-refractivity contribution is 0.0783. The third-order valence-electron chi connectivity index (χ3n) is 7.55. The molecule has 0 aliphatic carbocycles. The average molecular weight is 541 g/mol. The van der Waals surface area contributed by atoms with Gasteiger partial charge in [0.2, 0.25) is 0 Å². The van der Waals surface area contributed by atoms with Crippen LogP contribution in [0.1, 0.15) is 45.5 Å². The van der Waals surface area contributed by atoms with Gasteiger partial charge in [0, 0.05) is 73.2 Å². The molecule has 2 amide bonds. The number of nitrogen functional groups attached to an aromatic ring is 1. The summed E-state index contributed by atoms with van der Waals surface area (Å²) in [4.78, 5) is 36.3. The molecule has 3 heterocycles. The SMILES string of the molecule is CN=CC(=CN)c1cnc(N)c(C(=O)N[C@@H]2CCN(C(=O)c3ccc4cc(NC5CCNCC5)ccc4c3)C2)c1. The van der Waals surface area contributed by atoms with Crippen molar-refractivity contribution in [1.29, 1.82) is 0 Å². The van der Waals surface area contributed by atoms with Crippen LogP contribution in [0.25, 0.3) is 16.3 Å². The van der Waals surface area contributed by atoms with Crippen molar-refractivity contribution in [2.45, 2.75) is 31.3 Å². The van der Waals surface area contributed by atoms with Crippen molar-refractivity contribution in [3.63, 3.8) is 0 Å². The summed E-state index contributed by atoms with van der Waals surface area (Å²) in [5.74, 6) is -0.256. The number of nitrogens with one attached hydrogen (secondary N) is 3. The van der Waals surface area contributed by atoms with Gasteiger partial charge in [-0.25, -0.2) is 4.98 Å². The molecule has 10 heteroatoms. The van der Waals surface area contributed by atoms with Crippen LogP contribution < -0.4 is 27.4 Å². The highest BCUT2D eigenvalue weighted by atomic mass is 16.2. The molecule has 40 heavy (non-hydrogen) atoms. The van der Waals surface area contributed by atoms with Gasteiger partial charge < -0.3 is 32.3 Å². The van der Waals surface area contributed by atoms with Crippen molar-refractivity contribution >= 4 is 45.9 Å². The van der Waals surface area contributed by atoms with E-state index in [4.69, 9.17) is 11.5 Å². The molecule has 5 rings (SSSR count). The van der Waals surface area contributed by atoms with E-state index in [1.54, 1.807) is 30.4 Å². The molecular formula is C30H36N8O2. The number of aromatic nitrogens is 1. The number of likely N-dealkylation sites (tertiary alicyclic amines) is 1. The molecule has 0 bridgehead atoms. The number of carbonyl (C=O) groups excluding carboxylic acids is 2. The highest BCUT2D eigenvalue weighted by Crippen LogP contribution is 2.24. The lowest BCUT2D eigenvalue weighted by Gasteiger charge is -2.24. The molecule has 0 saturated carbocycles. The number of pyridine rings is 1. The van der Waals surface area contributed by atoms with Crippen molar-refractivity contribution in [2.75, 3.05) is 44.3 Å². The van der Waals surface area contributed by atoms with Gasteiger partial charge in [-0.1, -0.05) is 12.1 Å². The predicted octanol–water partition coefficient (Wildman–Crippen LogP) is 2.63. The van der Waals surface area contributed by atoms with Gasteiger partial charge in [0.15, 0.2) is 0 Å². The van der Waals surface area contributed by atoms with Crippen LogP contribution in [0.4, 0.5) is 11.5 Å². The summed E-state index contributed by atoms with van der Waals surface area (Å²) < 4.78 is 0. The zero-order chi connectivity index (χ0) is 28.1. The number of benzene rings is 2. The third kappa shape index (κ3) is 6.07. The van der Waals surface area contributed by atoms with Crippen LogP contribution in [-0.2, 0) is 0 Å². The first-order valence-corrected chi connectivity index (χ1v) is 13.7. The quantitative estimate of drug-likeness (QED) is 0.289. The first kappa shape index (κ1) is 27.1. The molecule has 2 saturated heterocycles. The molecule has 208 valence electrons. The number of rotatable bonds is 7. The molecule has 2 fully saturated rings. The number of allylic oxidation sites excluding steroid dienone is 1. The molecule has 1 atom stereocenters. The average Bonchev–Trinajstić information content (AvgIpc) is 3.44. The van der Waals surface area contributed by atoms with Gasteiger partial charge in [-0.3, -0.25) is 14.6 Å². The number of hydrogen-bond acceptors (Lipinski definition) is 8. The Bertz CT molecular complexity index is 1460. The van der Waals surface area contributed by atoms with Crippen LogP contribution in [0.3, 0.4) is 0 Å². The number of anilines is 2. The molecule has 2 aromatic carbocycles. The minimum atomic E-state index is -0.337. The van der Waals surface area contributed by atoms with Crippen LogP contribution in [0.2, 0.25) is 0 Å². The zero-order valence-corrected chi connectivity index (χ0v) is 22.7. The summed E-state index contributed by atoms with van der Waals surface area (Å²) in [5.41, 5.74) is 15.0. The van der Waals surface area contributed by atoms with E-state index in [0.717, 1.165) is 42.4 Å². The molecule has 0 unspecified atom stereocenters. The van der Waals surface area contributed by atoms with Gasteiger partial charge in [0.1, 0.15) is 5.82 Å². The molecule has 1 aromatic heterocycles. The number of amides is 2. The predicted molar refractivity (Wildman–Crippen MR) is 160 cm³/mol. The van der Waals surface area contributed by atoms with Gasteiger partial charge in [-0.05, 0) is 73.5 Å². The summed E-state index contributed by atoms with van der Waals surface area (Å²) in [5, 5.41) is 12.1. The maximum atomic E-state index is 13.3. The van der Waals surface area contributed by atoms with Crippen LogP contribution in [0, 0.1) is 0 Å². The second kappa shape index (κ2) is 12.2. The lowest BCUT2D eigenvalue weighted by Crippen LogP contribution is -2.38. The fourth-order valence-electron chi connectivity index (χ4n) is 5.35. The maximum Gasteiger partial charge on any atom is 0.255 e. The van der Waals surface area contributed by atoms with Gasteiger partial charge >= 0.3 is 0 Å². The first-order chi connectivity index (χ1) is 19.4. The van der Waals surface area contributed by atoms with Crippen molar-refractivity contribution < 1.29 is 9.59 Å². The van der Waals surface area contributed by atoms with E-state index in [0.29, 0.717) is 42.3 Å². The van der Waals surface area contributed by atoms with Gasteiger partial charge in [0.25, 0.3) is 11.8 Å². The Labute approximate surface area is 233 Å². The topological polar surface area (TPSA) is 151 Å². The molecule has 3 aromatic rings. The van der Waals surface area contributed by atoms with E-state index in [1.165, 1.54) is 6.20 Å². The minimum Gasteiger partial charge on any atom is -0.404 e. The van der Waals surface area contributed by atoms with E-state index >= 15 is 0 Å². The van der Waals surface area contributed by atoms with Crippen molar-refractivity contribution in [1.82, 2.24) is 20.5 Å². The standard InChI is InChI=1S/C30H36N8O2/c1-33-16-23(15-31)22-14-27(28(32)35-17-22)29(39)37-26-8-11-38(18-26)30(40)21-3-2-20-13-25(5-4-19(20)12-21)36-24-6-9-34-10-7-24/h2-5,12-17,24,26,34,36H,6-11,18,31H2,1H3,(H2,32,35)(H,37,39)/t26-/m1/s1. The van der Waals surface area contributed by atoms with Gasteiger partial charge in [-0.15, -0.1) is 0 Å². The smallest absolute Gasteiger partial charge is 0.255 e. The Morgan fingerprint density at radius 3 is 2.60 bits per heavy atom. The minimum absolute atomic E-state index is 0.0460. The molecule has 2 aliphatic heterocycles. The van der Waals surface area contributed by atoms with Crippen LogP contribution in [0.15, 0.2) is 59.9 Å². The van der Waals surface area contributed by atoms with Crippen molar-refractivity contribution in [3.05, 3.63) is 71.6 Å². The summed E-state index contributed by atoms with van der Waals surface area (Å²) in [6.07, 6.45) is 7.42. The molecule has 0 spiro atoms. The Kier molecular flexibility index (Phi) is 8.26. The number of nitrogens with zero attached hydrogens (tertiary/aromatic N) is 3. The van der Waals surface area contributed by atoms with E-state index in [1.807, 2.05) is 18.2 Å². The summed E-state index contributed by atoms with van der Waals surface area (Å²) in [6.45, 7) is 3.06. The first-order valence-electron chi connectivity index (χ1n) is 13.7. The fraction of sp³-hybridized carbons (Fsp3) is 0.333. The van der Waals surface area contributed by atoms with Crippen LogP contribution >= 0.6 is 0 Å². The zero-order valence-electron chi connectivity index (χ0n) is 22.7.